The Kier molecular flexibility index (Phi) is 6.29. The molecule has 0 aliphatic carbocycles. The summed E-state index contributed by atoms with van der Waals surface area (Å²) in [6, 6.07) is 0. The molecule has 9 heteroatoms. The van der Waals surface area contributed by atoms with E-state index in [1.54, 1.807) is 0 Å². The molecule has 0 aromatic carbocycles. The molecule has 0 spiro atoms. The van der Waals surface area contributed by atoms with Crippen molar-refractivity contribution in [1.82, 2.24) is 0 Å². The number of ether oxygens (including phenoxy) is 1. The van der Waals surface area contributed by atoms with E-state index in [4.69, 9.17) is 9.84 Å². The van der Waals surface area contributed by atoms with Crippen LogP contribution in [-0.2, 0) is 24.6 Å². The Morgan fingerprint density at radius 1 is 1.27 bits per heavy atom. The van der Waals surface area contributed by atoms with Crippen LogP contribution in [0.2, 0.25) is 0 Å². The minimum absolute atomic E-state index is 0.201. The highest BCUT2D eigenvalue weighted by Crippen LogP contribution is 1.96. The molecule has 0 radical (unpaired) electrons. The van der Waals surface area contributed by atoms with E-state index >= 15 is 0 Å². The van der Waals surface area contributed by atoms with Crippen LogP contribution in [-0.4, -0.2) is 59.0 Å². The molecule has 1 rings (SSSR count). The van der Waals surface area contributed by atoms with Gasteiger partial charge in [0.25, 0.3) is 0 Å². The highest BCUT2D eigenvalue weighted by atomic mass is 32.2. The number of nitrogens with two attached hydrogens (primary N) is 1. The number of rotatable bonds is 2. The Hall–Kier alpha value is -0.220. The number of primary sulfonamides is 1. The summed E-state index contributed by atoms with van der Waals surface area (Å²) in [5.74, 6) is 0.0486. The maximum absolute atomic E-state index is 10.6. The van der Waals surface area contributed by atoms with E-state index < -0.39 is 26.5 Å². The standard InChI is InChI=1S/C4H8O3S.C2H7NO3S/c5-8(6)3-1-7-2-4-8;3-7(5,6)2-1-4/h1-4H2;4H,1-2H2,(H2,3,5,6). The molecule has 1 saturated heterocycles. The Balaban J connectivity index is 0.000000265. The smallest absolute Gasteiger partial charge is 0.211 e. The summed E-state index contributed by atoms with van der Waals surface area (Å²) in [5, 5.41) is 12.4. The van der Waals surface area contributed by atoms with Gasteiger partial charge in [-0.25, -0.2) is 22.0 Å². The fraction of sp³-hybridized carbons (Fsp3) is 1.00. The van der Waals surface area contributed by atoms with Gasteiger partial charge in [0, 0.05) is 0 Å². The van der Waals surface area contributed by atoms with Gasteiger partial charge in [-0.3, -0.25) is 0 Å². The molecular weight excluding hydrogens is 246 g/mol. The number of hydrogen-bond acceptors (Lipinski definition) is 6. The number of sulfone groups is 1. The molecule has 0 atom stereocenters. The lowest BCUT2D eigenvalue weighted by molar-refractivity contribution is 0.156. The summed E-state index contributed by atoms with van der Waals surface area (Å²) in [6.45, 7) is 0.351. The molecule has 0 bridgehead atoms. The van der Waals surface area contributed by atoms with Crippen molar-refractivity contribution in [1.29, 1.82) is 0 Å². The SMILES string of the molecule is NS(=O)(=O)CCO.O=S1(=O)CCOCC1. The molecule has 1 heterocycles. The maximum atomic E-state index is 10.6. The predicted molar refractivity (Wildman–Crippen MR) is 54.5 cm³/mol. The van der Waals surface area contributed by atoms with E-state index in [1.165, 1.54) is 0 Å². The van der Waals surface area contributed by atoms with Crippen molar-refractivity contribution in [3.8, 4) is 0 Å². The second-order valence-electron chi connectivity index (χ2n) is 2.85. The van der Waals surface area contributed by atoms with Crippen molar-refractivity contribution in [2.45, 2.75) is 0 Å². The second kappa shape index (κ2) is 6.38. The summed E-state index contributed by atoms with van der Waals surface area (Å²) < 4.78 is 45.7. The van der Waals surface area contributed by atoms with Crippen LogP contribution < -0.4 is 5.14 Å². The summed E-state index contributed by atoms with van der Waals surface area (Å²) in [6.07, 6.45) is 0. The fourth-order valence-electron chi connectivity index (χ4n) is 0.703. The van der Waals surface area contributed by atoms with Gasteiger partial charge in [-0.05, 0) is 0 Å². The van der Waals surface area contributed by atoms with Crippen LogP contribution in [0.1, 0.15) is 0 Å². The van der Waals surface area contributed by atoms with Gasteiger partial charge in [0.15, 0.2) is 9.84 Å². The normalized spacial score (nSPS) is 20.1. The number of sulfonamides is 1. The van der Waals surface area contributed by atoms with Crippen molar-refractivity contribution in [2.75, 3.05) is 37.1 Å². The van der Waals surface area contributed by atoms with Gasteiger partial charge in [0.2, 0.25) is 10.0 Å². The average molecular weight is 261 g/mol. The lowest BCUT2D eigenvalue weighted by Gasteiger charge is -2.10. The monoisotopic (exact) mass is 261 g/mol. The molecule has 1 aliphatic heterocycles. The number of hydrogen-bond donors (Lipinski definition) is 2. The van der Waals surface area contributed by atoms with Crippen LogP contribution in [0.15, 0.2) is 0 Å². The van der Waals surface area contributed by atoms with Gasteiger partial charge in [-0.1, -0.05) is 0 Å². The zero-order chi connectivity index (χ0) is 11.9. The zero-order valence-electron chi connectivity index (χ0n) is 8.12. The maximum Gasteiger partial charge on any atom is 0.211 e. The minimum Gasteiger partial charge on any atom is -0.395 e. The molecule has 0 aromatic heterocycles. The molecule has 15 heavy (non-hydrogen) atoms. The van der Waals surface area contributed by atoms with E-state index in [0.717, 1.165) is 0 Å². The quantitative estimate of drug-likeness (QED) is 0.576. The van der Waals surface area contributed by atoms with Crippen LogP contribution >= 0.6 is 0 Å². The average Bonchev–Trinajstić information content (AvgIpc) is 2.02. The molecule has 0 aromatic rings. The van der Waals surface area contributed by atoms with Crippen LogP contribution in [0.25, 0.3) is 0 Å². The van der Waals surface area contributed by atoms with Crippen molar-refractivity contribution >= 4 is 19.9 Å². The second-order valence-corrected chi connectivity index (χ2v) is 6.89. The number of aliphatic hydroxyl groups excluding tert-OH is 1. The minimum atomic E-state index is -3.42. The topological polar surface area (TPSA) is 124 Å². The highest BCUT2D eigenvalue weighted by Gasteiger charge is 2.14. The van der Waals surface area contributed by atoms with Gasteiger partial charge in [-0.2, -0.15) is 0 Å². The Morgan fingerprint density at radius 3 is 1.87 bits per heavy atom. The predicted octanol–water partition coefficient (Wildman–Crippen LogP) is -2.30. The van der Waals surface area contributed by atoms with Crippen LogP contribution in [0.3, 0.4) is 0 Å². The van der Waals surface area contributed by atoms with E-state index in [2.05, 4.69) is 5.14 Å². The molecule has 1 fully saturated rings. The molecule has 7 nitrogen and oxygen atoms in total. The third-order valence-electron chi connectivity index (χ3n) is 1.45. The van der Waals surface area contributed by atoms with E-state index in [9.17, 15) is 16.8 Å². The van der Waals surface area contributed by atoms with E-state index in [1.807, 2.05) is 0 Å². The van der Waals surface area contributed by atoms with E-state index in [0.29, 0.717) is 13.2 Å². The van der Waals surface area contributed by atoms with Gasteiger partial charge in [-0.15, -0.1) is 0 Å². The molecule has 1 aliphatic rings. The zero-order valence-corrected chi connectivity index (χ0v) is 9.76. The number of aliphatic hydroxyl groups is 1. The molecule has 0 amide bonds. The summed E-state index contributed by atoms with van der Waals surface area (Å²) in [7, 11) is -6.13. The Bertz CT molecular complexity index is 347. The van der Waals surface area contributed by atoms with Gasteiger partial charge in [0.05, 0.1) is 37.1 Å². The first kappa shape index (κ1) is 14.8. The van der Waals surface area contributed by atoms with Crippen molar-refractivity contribution < 1.29 is 26.7 Å². The van der Waals surface area contributed by atoms with Crippen molar-refractivity contribution in [3.63, 3.8) is 0 Å². The van der Waals surface area contributed by atoms with Crippen LogP contribution in [0, 0.1) is 0 Å². The first-order chi connectivity index (χ1) is 6.77. The third-order valence-corrected chi connectivity index (χ3v) is 3.78. The van der Waals surface area contributed by atoms with Gasteiger partial charge in [0.1, 0.15) is 0 Å². The Labute approximate surface area is 89.2 Å². The first-order valence-corrected chi connectivity index (χ1v) is 7.70. The van der Waals surface area contributed by atoms with E-state index in [-0.39, 0.29) is 17.3 Å². The third kappa shape index (κ3) is 10.1. The van der Waals surface area contributed by atoms with Gasteiger partial charge >= 0.3 is 0 Å². The molecule has 0 unspecified atom stereocenters. The van der Waals surface area contributed by atoms with Crippen LogP contribution in [0.5, 0.6) is 0 Å². The summed E-state index contributed by atoms with van der Waals surface area (Å²) >= 11 is 0. The summed E-state index contributed by atoms with van der Waals surface area (Å²) in [5.41, 5.74) is 0. The largest absolute Gasteiger partial charge is 0.395 e. The van der Waals surface area contributed by atoms with Crippen LogP contribution in [0.4, 0.5) is 0 Å². The fourth-order valence-corrected chi connectivity index (χ4v) is 1.91. The lowest BCUT2D eigenvalue weighted by atomic mass is 10.8. The van der Waals surface area contributed by atoms with Crippen molar-refractivity contribution in [2.24, 2.45) is 5.14 Å². The molecule has 0 saturated carbocycles. The molecule has 3 N–H and O–H groups in total. The summed E-state index contributed by atoms with van der Waals surface area (Å²) in [4.78, 5) is 0. The van der Waals surface area contributed by atoms with Gasteiger partial charge < -0.3 is 9.84 Å². The Morgan fingerprint density at radius 2 is 1.73 bits per heavy atom. The lowest BCUT2D eigenvalue weighted by Crippen LogP contribution is -2.25. The first-order valence-electron chi connectivity index (χ1n) is 4.16. The molecule has 92 valence electrons. The highest BCUT2D eigenvalue weighted by molar-refractivity contribution is 7.91. The molecular formula is C6H15NO6S2. The van der Waals surface area contributed by atoms with Crippen molar-refractivity contribution in [3.05, 3.63) is 0 Å².